The zero-order valence-corrected chi connectivity index (χ0v) is 6.38. The van der Waals surface area contributed by atoms with E-state index >= 15 is 0 Å². The van der Waals surface area contributed by atoms with Crippen molar-refractivity contribution < 1.29 is 9.47 Å². The van der Waals surface area contributed by atoms with Crippen LogP contribution in [0.15, 0.2) is 0 Å². The molecule has 2 aliphatic heterocycles. The second-order valence-corrected chi connectivity index (χ2v) is 3.10. The fraction of sp³-hybridized carbons (Fsp3) is 1.00. The van der Waals surface area contributed by atoms with Crippen molar-refractivity contribution in [2.24, 2.45) is 0 Å². The minimum absolute atomic E-state index is 0.408. The highest BCUT2D eigenvalue weighted by molar-refractivity contribution is 4.90. The van der Waals surface area contributed by atoms with Gasteiger partial charge in [-0.25, -0.2) is 0 Å². The normalized spacial score (nSPS) is 45.9. The van der Waals surface area contributed by atoms with E-state index in [4.69, 9.17) is 9.47 Å². The molecule has 0 saturated carbocycles. The molecule has 0 amide bonds. The summed E-state index contributed by atoms with van der Waals surface area (Å²) < 4.78 is 11.1. The lowest BCUT2D eigenvalue weighted by Gasteiger charge is -2.46. The van der Waals surface area contributed by atoms with Crippen molar-refractivity contribution in [1.82, 2.24) is 0 Å². The lowest BCUT2D eigenvalue weighted by molar-refractivity contribution is -0.261. The van der Waals surface area contributed by atoms with Crippen LogP contribution in [0.5, 0.6) is 0 Å². The first-order chi connectivity index (χ1) is 4.92. The average Bonchev–Trinajstić information content (AvgIpc) is 1.92. The highest BCUT2D eigenvalue weighted by Gasteiger charge is 2.43. The van der Waals surface area contributed by atoms with E-state index in [2.05, 4.69) is 6.92 Å². The second-order valence-electron chi connectivity index (χ2n) is 3.10. The predicted octanol–water partition coefficient (Wildman–Crippen LogP) is 1.34. The van der Waals surface area contributed by atoms with Gasteiger partial charge in [-0.15, -0.1) is 0 Å². The van der Waals surface area contributed by atoms with Gasteiger partial charge in [0.1, 0.15) is 6.10 Å². The molecule has 10 heavy (non-hydrogen) atoms. The van der Waals surface area contributed by atoms with Crippen molar-refractivity contribution >= 4 is 0 Å². The molecule has 0 unspecified atom stereocenters. The Morgan fingerprint density at radius 1 is 1.50 bits per heavy atom. The van der Waals surface area contributed by atoms with Crippen LogP contribution in [0.3, 0.4) is 0 Å². The molecule has 2 rings (SSSR count). The van der Waals surface area contributed by atoms with Crippen LogP contribution < -0.4 is 0 Å². The molecule has 2 nitrogen and oxygen atoms in total. The molecule has 0 aromatic carbocycles. The Labute approximate surface area is 61.5 Å². The van der Waals surface area contributed by atoms with Crippen LogP contribution in [0.1, 0.15) is 26.2 Å². The average molecular weight is 142 g/mol. The Morgan fingerprint density at radius 3 is 3.10 bits per heavy atom. The Bertz CT molecular complexity index is 120. The summed E-state index contributed by atoms with van der Waals surface area (Å²) in [5.74, 6) is 0. The zero-order chi connectivity index (χ0) is 6.97. The first-order valence-corrected chi connectivity index (χ1v) is 4.19. The highest BCUT2D eigenvalue weighted by Crippen LogP contribution is 2.33. The number of ether oxygens (including phenoxy) is 2. The van der Waals surface area contributed by atoms with Crippen LogP contribution in [-0.4, -0.2) is 24.9 Å². The van der Waals surface area contributed by atoms with Crippen LogP contribution in [0.4, 0.5) is 0 Å². The van der Waals surface area contributed by atoms with Crippen molar-refractivity contribution in [3.63, 3.8) is 0 Å². The van der Waals surface area contributed by atoms with E-state index in [0.717, 1.165) is 13.0 Å². The van der Waals surface area contributed by atoms with Crippen molar-refractivity contribution in [2.45, 2.75) is 44.5 Å². The van der Waals surface area contributed by atoms with E-state index in [1.54, 1.807) is 0 Å². The summed E-state index contributed by atoms with van der Waals surface area (Å²) in [6.07, 6.45) is 4.78. The smallest absolute Gasteiger partial charge is 0.110 e. The van der Waals surface area contributed by atoms with Crippen molar-refractivity contribution in [3.05, 3.63) is 0 Å². The lowest BCUT2D eigenvalue weighted by Crippen LogP contribution is -2.56. The molecule has 2 fully saturated rings. The third-order valence-electron chi connectivity index (χ3n) is 2.43. The maximum Gasteiger partial charge on any atom is 0.110 e. The summed E-state index contributed by atoms with van der Waals surface area (Å²) in [5.41, 5.74) is 0. The van der Waals surface area contributed by atoms with Crippen LogP contribution in [0, 0.1) is 0 Å². The minimum atomic E-state index is 0.408. The topological polar surface area (TPSA) is 18.5 Å². The van der Waals surface area contributed by atoms with E-state index in [1.165, 1.54) is 12.8 Å². The summed E-state index contributed by atoms with van der Waals surface area (Å²) in [6, 6.07) is 0. The highest BCUT2D eigenvalue weighted by atomic mass is 16.6. The number of fused-ring (bicyclic) bond motifs is 1. The van der Waals surface area contributed by atoms with Crippen LogP contribution in [-0.2, 0) is 9.47 Å². The quantitative estimate of drug-likeness (QED) is 0.550. The first kappa shape index (κ1) is 6.62. The Balaban J connectivity index is 1.89. The second kappa shape index (κ2) is 2.51. The van der Waals surface area contributed by atoms with Gasteiger partial charge in [0.05, 0.1) is 12.2 Å². The summed E-state index contributed by atoms with van der Waals surface area (Å²) in [4.78, 5) is 0. The van der Waals surface area contributed by atoms with Crippen LogP contribution >= 0.6 is 0 Å². The van der Waals surface area contributed by atoms with E-state index < -0.39 is 0 Å². The van der Waals surface area contributed by atoms with E-state index in [-0.39, 0.29) is 0 Å². The largest absolute Gasteiger partial charge is 0.373 e. The van der Waals surface area contributed by atoms with Gasteiger partial charge < -0.3 is 9.47 Å². The molecule has 0 bridgehead atoms. The van der Waals surface area contributed by atoms with E-state index in [0.29, 0.717) is 18.3 Å². The molecular weight excluding hydrogens is 128 g/mol. The zero-order valence-electron chi connectivity index (χ0n) is 6.38. The Hall–Kier alpha value is -0.0800. The van der Waals surface area contributed by atoms with E-state index in [9.17, 15) is 0 Å². The van der Waals surface area contributed by atoms with Crippen LogP contribution in [0.25, 0.3) is 0 Å². The van der Waals surface area contributed by atoms with Gasteiger partial charge in [-0.2, -0.15) is 0 Å². The van der Waals surface area contributed by atoms with Gasteiger partial charge >= 0.3 is 0 Å². The standard InChI is InChI=1S/C8H14O2/c1-2-6-8-7(10-6)4-3-5-9-8/h6-8H,2-5H2,1H3/t6-,7-,8-/m1/s1. The molecule has 0 aromatic rings. The third kappa shape index (κ3) is 0.867. The molecule has 2 heterocycles. The van der Waals surface area contributed by atoms with Crippen LogP contribution in [0.2, 0.25) is 0 Å². The molecule has 58 valence electrons. The lowest BCUT2D eigenvalue weighted by atomic mass is 9.93. The summed E-state index contributed by atoms with van der Waals surface area (Å²) in [7, 11) is 0. The Morgan fingerprint density at radius 2 is 2.40 bits per heavy atom. The van der Waals surface area contributed by atoms with Gasteiger partial charge in [0.15, 0.2) is 0 Å². The Kier molecular flexibility index (Phi) is 1.66. The van der Waals surface area contributed by atoms with Gasteiger partial charge in [0.25, 0.3) is 0 Å². The molecule has 0 aliphatic carbocycles. The summed E-state index contributed by atoms with van der Waals surface area (Å²) >= 11 is 0. The van der Waals surface area contributed by atoms with Gasteiger partial charge in [-0.1, -0.05) is 6.92 Å². The summed E-state index contributed by atoms with van der Waals surface area (Å²) in [6.45, 7) is 3.10. The molecule has 2 aliphatic rings. The molecule has 0 N–H and O–H groups in total. The van der Waals surface area contributed by atoms with Crippen molar-refractivity contribution in [3.8, 4) is 0 Å². The number of rotatable bonds is 1. The molecular formula is C8H14O2. The van der Waals surface area contributed by atoms with Crippen molar-refractivity contribution in [1.29, 1.82) is 0 Å². The fourth-order valence-corrected chi connectivity index (χ4v) is 1.81. The predicted molar refractivity (Wildman–Crippen MR) is 37.9 cm³/mol. The molecule has 2 heteroatoms. The third-order valence-corrected chi connectivity index (χ3v) is 2.43. The van der Waals surface area contributed by atoms with Gasteiger partial charge in [-0.05, 0) is 19.3 Å². The molecule has 0 spiro atoms. The minimum Gasteiger partial charge on any atom is -0.373 e. The molecule has 0 aromatic heterocycles. The number of hydrogen-bond acceptors (Lipinski definition) is 2. The SMILES string of the molecule is CC[C@H]1O[C@@H]2CCCO[C@H]12. The van der Waals surface area contributed by atoms with Crippen molar-refractivity contribution in [2.75, 3.05) is 6.61 Å². The fourth-order valence-electron chi connectivity index (χ4n) is 1.81. The van der Waals surface area contributed by atoms with E-state index in [1.807, 2.05) is 0 Å². The van der Waals surface area contributed by atoms with Gasteiger partial charge in [0, 0.05) is 6.61 Å². The maximum absolute atomic E-state index is 5.57. The molecule has 2 saturated heterocycles. The van der Waals surface area contributed by atoms with Gasteiger partial charge in [-0.3, -0.25) is 0 Å². The summed E-state index contributed by atoms with van der Waals surface area (Å²) in [5, 5.41) is 0. The molecule has 0 radical (unpaired) electrons. The number of hydrogen-bond donors (Lipinski definition) is 0. The monoisotopic (exact) mass is 142 g/mol. The maximum atomic E-state index is 5.57. The first-order valence-electron chi connectivity index (χ1n) is 4.19. The molecule has 3 atom stereocenters. The van der Waals surface area contributed by atoms with Gasteiger partial charge in [0.2, 0.25) is 0 Å².